The summed E-state index contributed by atoms with van der Waals surface area (Å²) in [6.07, 6.45) is 8.10. The van der Waals surface area contributed by atoms with Gasteiger partial charge in [0, 0.05) is 9.90 Å². The number of nitrogens with zero attached hydrogens (tertiary/aromatic N) is 5. The summed E-state index contributed by atoms with van der Waals surface area (Å²) >= 11 is 7.66. The molecule has 1 aliphatic rings. The highest BCUT2D eigenvalue weighted by Gasteiger charge is 2.20. The lowest BCUT2D eigenvalue weighted by molar-refractivity contribution is 0.126. The minimum atomic E-state index is 0.208. The fourth-order valence-corrected chi connectivity index (χ4v) is 4.75. The van der Waals surface area contributed by atoms with Crippen molar-refractivity contribution in [2.24, 2.45) is 5.16 Å². The lowest BCUT2D eigenvalue weighted by Gasteiger charge is -2.09. The highest BCUT2D eigenvalue weighted by Crippen LogP contribution is 2.36. The largest absolute Gasteiger partial charge is 0.387 e. The normalized spacial score (nSPS) is 14.3. The molecule has 0 saturated heterocycles. The van der Waals surface area contributed by atoms with Crippen LogP contribution < -0.4 is 0 Å². The molecule has 1 aromatic carbocycles. The number of aromatic nitrogens is 4. The zero-order valence-corrected chi connectivity index (χ0v) is 16.0. The molecule has 5 rings (SSSR count). The van der Waals surface area contributed by atoms with Crippen LogP contribution in [0.2, 0.25) is 5.02 Å². The van der Waals surface area contributed by atoms with Gasteiger partial charge in [-0.3, -0.25) is 0 Å². The topological polar surface area (TPSA) is 64.7 Å². The first kappa shape index (κ1) is 16.6. The van der Waals surface area contributed by atoms with Gasteiger partial charge in [0.25, 0.3) is 0 Å². The van der Waals surface area contributed by atoms with Gasteiger partial charge in [-0.15, -0.1) is 16.4 Å². The molecule has 0 aliphatic heterocycles. The molecule has 8 heteroatoms. The van der Waals surface area contributed by atoms with Gasteiger partial charge in [0.1, 0.15) is 11.2 Å². The van der Waals surface area contributed by atoms with E-state index < -0.39 is 0 Å². The highest BCUT2D eigenvalue weighted by molar-refractivity contribution is 7.19. The van der Waals surface area contributed by atoms with Gasteiger partial charge in [0.2, 0.25) is 0 Å². The number of aryl methyl sites for hydroxylation is 2. The Labute approximate surface area is 164 Å². The molecule has 0 spiro atoms. The van der Waals surface area contributed by atoms with Crippen molar-refractivity contribution in [3.63, 3.8) is 0 Å². The summed E-state index contributed by atoms with van der Waals surface area (Å²) in [4.78, 5) is 17.1. The second kappa shape index (κ2) is 6.90. The molecular weight excluding hydrogens is 382 g/mol. The third kappa shape index (κ3) is 3.17. The summed E-state index contributed by atoms with van der Waals surface area (Å²) in [5, 5.41) is 10.3. The minimum Gasteiger partial charge on any atom is -0.387 e. The maximum atomic E-state index is 5.87. The predicted octanol–water partition coefficient (Wildman–Crippen LogP) is 4.42. The number of rotatable bonds is 4. The zero-order chi connectivity index (χ0) is 18.2. The molecule has 0 unspecified atom stereocenters. The Balaban J connectivity index is 1.39. The van der Waals surface area contributed by atoms with Crippen LogP contribution in [0.4, 0.5) is 0 Å². The van der Waals surface area contributed by atoms with E-state index in [9.17, 15) is 0 Å². The van der Waals surface area contributed by atoms with Crippen LogP contribution in [-0.4, -0.2) is 25.8 Å². The average molecular weight is 398 g/mol. The van der Waals surface area contributed by atoms with Crippen LogP contribution in [0.1, 0.15) is 34.7 Å². The maximum Gasteiger partial charge on any atom is 0.192 e. The van der Waals surface area contributed by atoms with Crippen LogP contribution in [0.5, 0.6) is 0 Å². The van der Waals surface area contributed by atoms with Crippen molar-refractivity contribution >= 4 is 45.0 Å². The van der Waals surface area contributed by atoms with Crippen molar-refractivity contribution in [1.29, 1.82) is 0 Å². The van der Waals surface area contributed by atoms with Crippen LogP contribution in [0.25, 0.3) is 15.9 Å². The molecule has 0 saturated carbocycles. The minimum absolute atomic E-state index is 0.208. The van der Waals surface area contributed by atoms with Crippen molar-refractivity contribution < 1.29 is 4.84 Å². The highest BCUT2D eigenvalue weighted by atomic mass is 35.5. The second-order valence-corrected chi connectivity index (χ2v) is 8.01. The molecule has 0 amide bonds. The number of benzene rings is 1. The first-order valence-electron chi connectivity index (χ1n) is 8.83. The van der Waals surface area contributed by atoms with Crippen LogP contribution >= 0.6 is 22.9 Å². The lowest BCUT2D eigenvalue weighted by Crippen LogP contribution is -1.99. The third-order valence-electron chi connectivity index (χ3n) is 4.68. The van der Waals surface area contributed by atoms with Crippen molar-refractivity contribution in [1.82, 2.24) is 19.6 Å². The molecule has 1 aliphatic carbocycles. The molecular formula is C19H16ClN5OS. The zero-order valence-electron chi connectivity index (χ0n) is 14.4. The Morgan fingerprint density at radius 1 is 1.22 bits per heavy atom. The first-order chi connectivity index (χ1) is 13.3. The molecule has 0 atom stereocenters. The van der Waals surface area contributed by atoms with Crippen LogP contribution in [0.15, 0.2) is 35.7 Å². The van der Waals surface area contributed by atoms with E-state index in [1.807, 2.05) is 24.3 Å². The summed E-state index contributed by atoms with van der Waals surface area (Å²) < 4.78 is 1.74. The molecule has 3 heterocycles. The fourth-order valence-electron chi connectivity index (χ4n) is 3.40. The van der Waals surface area contributed by atoms with Crippen LogP contribution in [-0.2, 0) is 24.3 Å². The lowest BCUT2D eigenvalue weighted by atomic mass is 9.97. The van der Waals surface area contributed by atoms with Gasteiger partial charge in [-0.25, -0.2) is 14.5 Å². The van der Waals surface area contributed by atoms with Crippen LogP contribution in [0.3, 0.4) is 0 Å². The van der Waals surface area contributed by atoms with E-state index >= 15 is 0 Å². The Hall–Kier alpha value is -2.51. The van der Waals surface area contributed by atoms with Gasteiger partial charge >= 0.3 is 0 Å². The predicted molar refractivity (Wildman–Crippen MR) is 107 cm³/mol. The average Bonchev–Trinajstić information content (AvgIpc) is 3.27. The molecule has 3 aromatic heterocycles. The number of hydrogen-bond acceptors (Lipinski definition) is 6. The number of hydrogen-bond donors (Lipinski definition) is 0. The Morgan fingerprint density at radius 2 is 2.07 bits per heavy atom. The molecule has 4 aromatic rings. The molecule has 136 valence electrons. The summed E-state index contributed by atoms with van der Waals surface area (Å²) in [5.41, 5.74) is 3.18. The van der Waals surface area contributed by atoms with Crippen molar-refractivity contribution in [3.05, 3.63) is 57.4 Å². The van der Waals surface area contributed by atoms with Gasteiger partial charge in [0.05, 0.1) is 11.6 Å². The molecule has 0 radical (unpaired) electrons. The molecule has 6 nitrogen and oxygen atoms in total. The van der Waals surface area contributed by atoms with Gasteiger partial charge < -0.3 is 4.84 Å². The number of oxime groups is 1. The van der Waals surface area contributed by atoms with E-state index in [-0.39, 0.29) is 6.61 Å². The van der Waals surface area contributed by atoms with Gasteiger partial charge in [0.15, 0.2) is 18.1 Å². The van der Waals surface area contributed by atoms with E-state index in [4.69, 9.17) is 16.4 Å². The molecule has 0 N–H and O–H groups in total. The Morgan fingerprint density at radius 3 is 2.96 bits per heavy atom. The van der Waals surface area contributed by atoms with Gasteiger partial charge in [-0.1, -0.05) is 28.9 Å². The van der Waals surface area contributed by atoms with Crippen molar-refractivity contribution in [2.45, 2.75) is 32.3 Å². The quantitative estimate of drug-likeness (QED) is 0.377. The van der Waals surface area contributed by atoms with E-state index in [1.165, 1.54) is 23.3 Å². The van der Waals surface area contributed by atoms with E-state index in [0.717, 1.165) is 34.3 Å². The SMILES string of the molecule is Clc1ccc(/C=N/OCc2nc3c4c5c(sc4ncn3n2)CCCC5)cc1. The summed E-state index contributed by atoms with van der Waals surface area (Å²) in [7, 11) is 0. The molecule has 27 heavy (non-hydrogen) atoms. The van der Waals surface area contributed by atoms with Gasteiger partial charge in [-0.05, 0) is 48.9 Å². The van der Waals surface area contributed by atoms with E-state index in [0.29, 0.717) is 10.8 Å². The maximum absolute atomic E-state index is 5.87. The second-order valence-electron chi connectivity index (χ2n) is 6.49. The summed E-state index contributed by atoms with van der Waals surface area (Å²) in [6.45, 7) is 0.208. The Kier molecular flexibility index (Phi) is 4.26. The first-order valence-corrected chi connectivity index (χ1v) is 10.0. The monoisotopic (exact) mass is 397 g/mol. The Bertz CT molecular complexity index is 1150. The van der Waals surface area contributed by atoms with E-state index in [2.05, 4.69) is 20.2 Å². The smallest absolute Gasteiger partial charge is 0.192 e. The van der Waals surface area contributed by atoms with E-state index in [1.54, 1.807) is 28.4 Å². The summed E-state index contributed by atoms with van der Waals surface area (Å²) in [5.74, 6) is 0.591. The summed E-state index contributed by atoms with van der Waals surface area (Å²) in [6, 6.07) is 7.37. The molecule has 0 fully saturated rings. The van der Waals surface area contributed by atoms with Crippen molar-refractivity contribution in [3.8, 4) is 0 Å². The fraction of sp³-hybridized carbons (Fsp3) is 0.263. The molecule has 0 bridgehead atoms. The number of halogens is 1. The van der Waals surface area contributed by atoms with Crippen LogP contribution in [0, 0.1) is 0 Å². The standard InChI is InChI=1S/C19H16ClN5OS/c20-13-7-5-12(6-8-13)9-22-26-10-16-23-18-17-14-3-1-2-4-15(14)27-19(17)21-11-25(18)24-16/h5-9,11H,1-4,10H2/b22-9+. The third-order valence-corrected chi connectivity index (χ3v) is 6.13. The number of fused-ring (bicyclic) bond motifs is 5. The van der Waals surface area contributed by atoms with Crippen molar-refractivity contribution in [2.75, 3.05) is 0 Å². The van der Waals surface area contributed by atoms with Gasteiger partial charge in [-0.2, -0.15) is 0 Å². The number of thiophene rings is 1.